The Morgan fingerprint density at radius 2 is 2.17 bits per heavy atom. The van der Waals surface area contributed by atoms with Gasteiger partial charge in [0.25, 0.3) is 0 Å². The van der Waals surface area contributed by atoms with Gasteiger partial charge in [-0.05, 0) is 39.5 Å². The molecule has 0 aliphatic heterocycles. The number of imidazole rings is 1. The topological polar surface area (TPSA) is 29.9 Å². The number of para-hydroxylation sites is 2. The standard InChI is InChI=1S/C13H12BrN3S/c1-17-11-5-3-2-4-10(11)16-13(17)15-8-12-9(14)6-7-18-12/h2-7H,8H2,1H3,(H,15,16). The molecular formula is C13H12BrN3S. The second-order valence-electron chi connectivity index (χ2n) is 4.03. The molecule has 0 saturated heterocycles. The zero-order valence-electron chi connectivity index (χ0n) is 9.85. The number of benzene rings is 1. The SMILES string of the molecule is Cn1c(NCc2sccc2Br)nc2ccccc21. The Morgan fingerprint density at radius 3 is 2.89 bits per heavy atom. The fraction of sp³-hybridized carbons (Fsp3) is 0.154. The minimum atomic E-state index is 0.787. The first kappa shape index (κ1) is 11.7. The molecule has 18 heavy (non-hydrogen) atoms. The summed E-state index contributed by atoms with van der Waals surface area (Å²) in [5.41, 5.74) is 2.16. The molecule has 1 aromatic carbocycles. The van der Waals surface area contributed by atoms with Gasteiger partial charge in [-0.2, -0.15) is 0 Å². The van der Waals surface area contributed by atoms with Gasteiger partial charge in [-0.1, -0.05) is 12.1 Å². The van der Waals surface area contributed by atoms with E-state index >= 15 is 0 Å². The van der Waals surface area contributed by atoms with Crippen LogP contribution in [-0.2, 0) is 13.6 Å². The summed E-state index contributed by atoms with van der Waals surface area (Å²) in [6, 6.07) is 10.2. The molecule has 0 aliphatic carbocycles. The number of hydrogen-bond acceptors (Lipinski definition) is 3. The number of fused-ring (bicyclic) bond motifs is 1. The molecule has 1 N–H and O–H groups in total. The van der Waals surface area contributed by atoms with Crippen LogP contribution in [0.5, 0.6) is 0 Å². The molecule has 0 atom stereocenters. The number of hydrogen-bond donors (Lipinski definition) is 1. The zero-order valence-corrected chi connectivity index (χ0v) is 12.3. The Kier molecular flexibility index (Phi) is 3.09. The van der Waals surface area contributed by atoms with Crippen molar-refractivity contribution < 1.29 is 0 Å². The van der Waals surface area contributed by atoms with Crippen molar-refractivity contribution in [2.45, 2.75) is 6.54 Å². The maximum atomic E-state index is 4.58. The third-order valence-electron chi connectivity index (χ3n) is 2.89. The highest BCUT2D eigenvalue weighted by atomic mass is 79.9. The number of aryl methyl sites for hydroxylation is 1. The molecule has 3 aromatic rings. The Bertz CT molecular complexity index is 686. The largest absolute Gasteiger partial charge is 0.351 e. The molecule has 3 nitrogen and oxygen atoms in total. The van der Waals surface area contributed by atoms with E-state index in [2.05, 4.69) is 48.3 Å². The van der Waals surface area contributed by atoms with E-state index < -0.39 is 0 Å². The van der Waals surface area contributed by atoms with Gasteiger partial charge in [0.1, 0.15) is 0 Å². The van der Waals surface area contributed by atoms with E-state index in [1.54, 1.807) is 11.3 Å². The van der Waals surface area contributed by atoms with Crippen LogP contribution < -0.4 is 5.32 Å². The van der Waals surface area contributed by atoms with Crippen molar-refractivity contribution in [1.82, 2.24) is 9.55 Å². The fourth-order valence-corrected chi connectivity index (χ4v) is 3.35. The van der Waals surface area contributed by atoms with Crippen LogP contribution in [0, 0.1) is 0 Å². The van der Waals surface area contributed by atoms with Gasteiger partial charge in [-0.25, -0.2) is 4.98 Å². The summed E-state index contributed by atoms with van der Waals surface area (Å²) >= 11 is 5.27. The van der Waals surface area contributed by atoms with Crippen LogP contribution in [0.3, 0.4) is 0 Å². The molecule has 2 aromatic heterocycles. The predicted octanol–water partition coefficient (Wildman–Crippen LogP) is 4.01. The predicted molar refractivity (Wildman–Crippen MR) is 80.1 cm³/mol. The van der Waals surface area contributed by atoms with E-state index in [-0.39, 0.29) is 0 Å². The lowest BCUT2D eigenvalue weighted by Gasteiger charge is -2.05. The summed E-state index contributed by atoms with van der Waals surface area (Å²) in [6.45, 7) is 0.787. The van der Waals surface area contributed by atoms with E-state index in [0.29, 0.717) is 0 Å². The van der Waals surface area contributed by atoms with Crippen molar-refractivity contribution in [2.75, 3.05) is 5.32 Å². The number of nitrogens with one attached hydrogen (secondary N) is 1. The van der Waals surface area contributed by atoms with Gasteiger partial charge in [-0.3, -0.25) is 0 Å². The van der Waals surface area contributed by atoms with Crippen LogP contribution >= 0.6 is 27.3 Å². The highest BCUT2D eigenvalue weighted by Crippen LogP contribution is 2.24. The Labute approximate surface area is 118 Å². The second kappa shape index (κ2) is 4.74. The normalized spacial score (nSPS) is 11.0. The maximum Gasteiger partial charge on any atom is 0.203 e. The van der Waals surface area contributed by atoms with Crippen molar-refractivity contribution in [3.8, 4) is 0 Å². The first-order valence-corrected chi connectivity index (χ1v) is 7.30. The van der Waals surface area contributed by atoms with E-state index in [4.69, 9.17) is 0 Å². The molecule has 5 heteroatoms. The summed E-state index contributed by atoms with van der Waals surface area (Å²) in [5, 5.41) is 5.46. The monoisotopic (exact) mass is 321 g/mol. The molecule has 0 unspecified atom stereocenters. The van der Waals surface area contributed by atoms with Gasteiger partial charge < -0.3 is 9.88 Å². The van der Waals surface area contributed by atoms with E-state index in [1.165, 1.54) is 4.88 Å². The second-order valence-corrected chi connectivity index (χ2v) is 5.88. The number of halogens is 1. The molecule has 0 radical (unpaired) electrons. The molecule has 0 spiro atoms. The van der Waals surface area contributed by atoms with Crippen LogP contribution in [0.25, 0.3) is 11.0 Å². The Hall–Kier alpha value is -1.33. The first-order chi connectivity index (χ1) is 8.75. The molecule has 0 aliphatic rings. The summed E-state index contributed by atoms with van der Waals surface area (Å²) in [7, 11) is 2.03. The number of rotatable bonds is 3. The van der Waals surface area contributed by atoms with Gasteiger partial charge in [0.05, 0.1) is 17.6 Å². The highest BCUT2D eigenvalue weighted by Gasteiger charge is 2.07. The maximum absolute atomic E-state index is 4.58. The van der Waals surface area contributed by atoms with Gasteiger partial charge >= 0.3 is 0 Å². The van der Waals surface area contributed by atoms with Crippen molar-refractivity contribution in [2.24, 2.45) is 7.05 Å². The molecular weight excluding hydrogens is 310 g/mol. The smallest absolute Gasteiger partial charge is 0.203 e. The minimum Gasteiger partial charge on any atom is -0.351 e. The number of nitrogens with zero attached hydrogens (tertiary/aromatic N) is 2. The van der Waals surface area contributed by atoms with Gasteiger partial charge in [0, 0.05) is 16.4 Å². The molecule has 0 saturated carbocycles. The summed E-state index contributed by atoms with van der Waals surface area (Å²) in [4.78, 5) is 5.86. The average molecular weight is 322 g/mol. The summed E-state index contributed by atoms with van der Waals surface area (Å²) in [5.74, 6) is 0.900. The van der Waals surface area contributed by atoms with Crippen LogP contribution in [0.1, 0.15) is 4.88 Å². The van der Waals surface area contributed by atoms with Crippen LogP contribution in [0.15, 0.2) is 40.2 Å². The quantitative estimate of drug-likeness (QED) is 0.790. The fourth-order valence-electron chi connectivity index (χ4n) is 1.91. The van der Waals surface area contributed by atoms with Crippen molar-refractivity contribution >= 4 is 44.2 Å². The molecule has 2 heterocycles. The van der Waals surface area contributed by atoms with E-state index in [9.17, 15) is 0 Å². The minimum absolute atomic E-state index is 0.787. The zero-order chi connectivity index (χ0) is 12.5. The van der Waals surface area contributed by atoms with Crippen molar-refractivity contribution in [3.63, 3.8) is 0 Å². The van der Waals surface area contributed by atoms with E-state index in [0.717, 1.165) is 28.0 Å². The summed E-state index contributed by atoms with van der Waals surface area (Å²) in [6.07, 6.45) is 0. The number of anilines is 1. The van der Waals surface area contributed by atoms with Gasteiger partial charge in [0.15, 0.2) is 0 Å². The summed E-state index contributed by atoms with van der Waals surface area (Å²) < 4.78 is 3.23. The van der Waals surface area contributed by atoms with Gasteiger partial charge in [0.2, 0.25) is 5.95 Å². The number of aromatic nitrogens is 2. The van der Waals surface area contributed by atoms with Crippen LogP contribution in [0.4, 0.5) is 5.95 Å². The van der Waals surface area contributed by atoms with Crippen molar-refractivity contribution in [1.29, 1.82) is 0 Å². The lowest BCUT2D eigenvalue weighted by atomic mass is 10.3. The third kappa shape index (κ3) is 2.04. The third-order valence-corrected chi connectivity index (χ3v) is 4.81. The lowest BCUT2D eigenvalue weighted by molar-refractivity contribution is 0.930. The van der Waals surface area contributed by atoms with Crippen LogP contribution in [0.2, 0.25) is 0 Å². The molecule has 0 fully saturated rings. The Balaban J connectivity index is 1.87. The lowest BCUT2D eigenvalue weighted by Crippen LogP contribution is -2.04. The molecule has 92 valence electrons. The molecule has 3 rings (SSSR count). The first-order valence-electron chi connectivity index (χ1n) is 5.63. The van der Waals surface area contributed by atoms with E-state index in [1.807, 2.05) is 25.2 Å². The van der Waals surface area contributed by atoms with Crippen LogP contribution in [-0.4, -0.2) is 9.55 Å². The highest BCUT2D eigenvalue weighted by molar-refractivity contribution is 9.10. The van der Waals surface area contributed by atoms with Crippen molar-refractivity contribution in [3.05, 3.63) is 45.1 Å². The number of thiophene rings is 1. The molecule has 0 bridgehead atoms. The average Bonchev–Trinajstić information content (AvgIpc) is 2.92. The molecule has 0 amide bonds. The Morgan fingerprint density at radius 1 is 1.33 bits per heavy atom. The van der Waals surface area contributed by atoms with Gasteiger partial charge in [-0.15, -0.1) is 11.3 Å².